The van der Waals surface area contributed by atoms with Crippen molar-refractivity contribution < 1.29 is 15.0 Å². The van der Waals surface area contributed by atoms with Crippen LogP contribution in [-0.4, -0.2) is 28.3 Å². The lowest BCUT2D eigenvalue weighted by Crippen LogP contribution is -1.94. The predicted octanol–water partition coefficient (Wildman–Crippen LogP) is 0.321. The maximum atomic E-state index is 10.0. The Bertz CT molecular complexity index is 181. The van der Waals surface area contributed by atoms with Gasteiger partial charge in [0, 0.05) is 13.3 Å². The van der Waals surface area contributed by atoms with E-state index in [9.17, 15) is 4.79 Å². The summed E-state index contributed by atoms with van der Waals surface area (Å²) in [7, 11) is 1.00. The van der Waals surface area contributed by atoms with Crippen molar-refractivity contribution in [2.24, 2.45) is 0 Å². The number of H-pyrrole nitrogens is 1. The minimum absolute atomic E-state index is 0.227. The monoisotopic (exact) mass is 143 g/mol. The first-order valence-corrected chi connectivity index (χ1v) is 2.62. The van der Waals surface area contributed by atoms with Crippen LogP contribution in [0.3, 0.4) is 0 Å². The van der Waals surface area contributed by atoms with E-state index in [1.807, 2.05) is 0 Å². The normalized spacial score (nSPS) is 7.80. The van der Waals surface area contributed by atoms with E-state index in [2.05, 4.69) is 4.98 Å². The van der Waals surface area contributed by atoms with Gasteiger partial charge in [-0.2, -0.15) is 0 Å². The van der Waals surface area contributed by atoms with Crippen LogP contribution in [-0.2, 0) is 0 Å². The number of hydrogen-bond acceptors (Lipinski definition) is 2. The lowest BCUT2D eigenvalue weighted by molar-refractivity contribution is 0.0691. The molecular formula is C6H9NO3. The zero-order valence-corrected chi connectivity index (χ0v) is 5.53. The van der Waals surface area contributed by atoms with Crippen molar-refractivity contribution in [3.8, 4) is 0 Å². The van der Waals surface area contributed by atoms with E-state index in [-0.39, 0.29) is 5.69 Å². The van der Waals surface area contributed by atoms with E-state index < -0.39 is 5.97 Å². The van der Waals surface area contributed by atoms with E-state index in [4.69, 9.17) is 10.2 Å². The summed E-state index contributed by atoms with van der Waals surface area (Å²) in [5.74, 6) is -0.921. The average molecular weight is 143 g/mol. The molecular weight excluding hydrogens is 134 g/mol. The molecule has 1 heterocycles. The maximum absolute atomic E-state index is 10.0. The first-order chi connectivity index (χ1) is 4.80. The Hall–Kier alpha value is -1.29. The zero-order valence-electron chi connectivity index (χ0n) is 5.53. The van der Waals surface area contributed by atoms with Crippen molar-refractivity contribution in [1.82, 2.24) is 4.98 Å². The molecule has 0 spiro atoms. The summed E-state index contributed by atoms with van der Waals surface area (Å²) in [5.41, 5.74) is 0.227. The highest BCUT2D eigenvalue weighted by Gasteiger charge is 1.98. The van der Waals surface area contributed by atoms with Crippen LogP contribution in [0.2, 0.25) is 0 Å². The molecule has 1 aromatic heterocycles. The Morgan fingerprint density at radius 1 is 1.60 bits per heavy atom. The molecule has 0 saturated carbocycles. The first kappa shape index (κ1) is 8.71. The number of carbonyl (C=O) groups is 1. The smallest absolute Gasteiger partial charge is 0.352 e. The summed E-state index contributed by atoms with van der Waals surface area (Å²) < 4.78 is 0. The number of aromatic carboxylic acids is 1. The van der Waals surface area contributed by atoms with Crippen LogP contribution in [0.25, 0.3) is 0 Å². The van der Waals surface area contributed by atoms with Gasteiger partial charge in [0.15, 0.2) is 0 Å². The zero-order chi connectivity index (χ0) is 7.98. The second-order valence-electron chi connectivity index (χ2n) is 1.39. The molecule has 1 rings (SSSR count). The van der Waals surface area contributed by atoms with E-state index >= 15 is 0 Å². The van der Waals surface area contributed by atoms with Gasteiger partial charge in [0.05, 0.1) is 0 Å². The molecule has 1 aromatic rings. The number of hydrogen-bond donors (Lipinski definition) is 3. The van der Waals surface area contributed by atoms with Crippen LogP contribution in [0.1, 0.15) is 10.5 Å². The van der Waals surface area contributed by atoms with Gasteiger partial charge in [-0.15, -0.1) is 0 Å². The number of aliphatic hydroxyl groups is 1. The third-order valence-electron chi connectivity index (χ3n) is 0.828. The van der Waals surface area contributed by atoms with Crippen molar-refractivity contribution in [3.05, 3.63) is 24.0 Å². The van der Waals surface area contributed by atoms with Gasteiger partial charge in [0.2, 0.25) is 0 Å². The van der Waals surface area contributed by atoms with Crippen LogP contribution in [0.15, 0.2) is 18.3 Å². The van der Waals surface area contributed by atoms with Crippen LogP contribution < -0.4 is 0 Å². The Morgan fingerprint density at radius 3 is 2.40 bits per heavy atom. The summed E-state index contributed by atoms with van der Waals surface area (Å²) >= 11 is 0. The van der Waals surface area contributed by atoms with Gasteiger partial charge >= 0.3 is 5.97 Å². The molecule has 56 valence electrons. The van der Waals surface area contributed by atoms with E-state index in [0.717, 1.165) is 7.11 Å². The van der Waals surface area contributed by atoms with Crippen LogP contribution in [0.5, 0.6) is 0 Å². The number of rotatable bonds is 1. The summed E-state index contributed by atoms with van der Waals surface area (Å²) in [6.45, 7) is 0. The van der Waals surface area contributed by atoms with Crippen LogP contribution in [0.4, 0.5) is 0 Å². The lowest BCUT2D eigenvalue weighted by Gasteiger charge is -1.80. The minimum Gasteiger partial charge on any atom is -0.477 e. The van der Waals surface area contributed by atoms with Gasteiger partial charge in [-0.3, -0.25) is 0 Å². The SMILES string of the molecule is CO.O=C(O)c1ccc[nH]1. The molecule has 4 heteroatoms. The summed E-state index contributed by atoms with van der Waals surface area (Å²) in [6.07, 6.45) is 1.57. The van der Waals surface area contributed by atoms with Gasteiger partial charge in [0.1, 0.15) is 5.69 Å². The van der Waals surface area contributed by atoms with Crippen molar-refractivity contribution in [2.45, 2.75) is 0 Å². The molecule has 0 aliphatic heterocycles. The molecule has 0 aromatic carbocycles. The van der Waals surface area contributed by atoms with Crippen molar-refractivity contribution >= 4 is 5.97 Å². The summed E-state index contributed by atoms with van der Waals surface area (Å²) in [6, 6.07) is 3.14. The van der Waals surface area contributed by atoms with E-state index in [0.29, 0.717) is 0 Å². The van der Waals surface area contributed by atoms with Crippen molar-refractivity contribution in [2.75, 3.05) is 7.11 Å². The third-order valence-corrected chi connectivity index (χ3v) is 0.828. The van der Waals surface area contributed by atoms with E-state index in [1.165, 1.54) is 6.07 Å². The van der Waals surface area contributed by atoms with Gasteiger partial charge in [0.25, 0.3) is 0 Å². The fourth-order valence-electron chi connectivity index (χ4n) is 0.463. The fourth-order valence-corrected chi connectivity index (χ4v) is 0.463. The predicted molar refractivity (Wildman–Crippen MR) is 35.9 cm³/mol. The molecule has 4 nitrogen and oxygen atoms in total. The molecule has 0 fully saturated rings. The van der Waals surface area contributed by atoms with Gasteiger partial charge in [-0.1, -0.05) is 0 Å². The molecule has 0 aliphatic carbocycles. The van der Waals surface area contributed by atoms with Gasteiger partial charge < -0.3 is 15.2 Å². The van der Waals surface area contributed by atoms with Crippen LogP contribution >= 0.6 is 0 Å². The highest BCUT2D eigenvalue weighted by Crippen LogP contribution is 1.91. The lowest BCUT2D eigenvalue weighted by atomic mass is 10.4. The molecule has 0 radical (unpaired) electrons. The number of carboxylic acid groups (broad SMARTS) is 1. The Kier molecular flexibility index (Phi) is 3.99. The maximum Gasteiger partial charge on any atom is 0.352 e. The quantitative estimate of drug-likeness (QED) is 0.530. The number of aromatic amines is 1. The first-order valence-electron chi connectivity index (χ1n) is 2.62. The highest BCUT2D eigenvalue weighted by atomic mass is 16.4. The number of carboxylic acids is 1. The average Bonchev–Trinajstić information content (AvgIpc) is 2.42. The number of aromatic nitrogens is 1. The number of aliphatic hydroxyl groups excluding tert-OH is 1. The Labute approximate surface area is 58.1 Å². The van der Waals surface area contributed by atoms with E-state index in [1.54, 1.807) is 12.3 Å². The minimum atomic E-state index is -0.921. The highest BCUT2D eigenvalue weighted by molar-refractivity contribution is 5.85. The largest absolute Gasteiger partial charge is 0.477 e. The van der Waals surface area contributed by atoms with Crippen LogP contribution in [0, 0.1) is 0 Å². The second kappa shape index (κ2) is 4.58. The molecule has 0 bridgehead atoms. The van der Waals surface area contributed by atoms with Gasteiger partial charge in [-0.25, -0.2) is 4.79 Å². The summed E-state index contributed by atoms with van der Waals surface area (Å²) in [5, 5.41) is 15.2. The topological polar surface area (TPSA) is 73.3 Å². The molecule has 0 unspecified atom stereocenters. The molecule has 0 aliphatic rings. The second-order valence-corrected chi connectivity index (χ2v) is 1.39. The van der Waals surface area contributed by atoms with Crippen molar-refractivity contribution in [1.29, 1.82) is 0 Å². The number of nitrogens with one attached hydrogen (secondary N) is 1. The van der Waals surface area contributed by atoms with Crippen molar-refractivity contribution in [3.63, 3.8) is 0 Å². The molecule has 10 heavy (non-hydrogen) atoms. The Morgan fingerprint density at radius 2 is 2.20 bits per heavy atom. The van der Waals surface area contributed by atoms with Gasteiger partial charge in [-0.05, 0) is 12.1 Å². The molecule has 0 atom stereocenters. The Balaban J connectivity index is 0.000000371. The summed E-state index contributed by atoms with van der Waals surface area (Å²) in [4.78, 5) is 12.6. The third kappa shape index (κ3) is 2.32. The standard InChI is InChI=1S/C5H5NO2.CH4O/c7-5(8)4-2-1-3-6-4;1-2/h1-3,6H,(H,7,8);2H,1H3. The fraction of sp³-hybridized carbons (Fsp3) is 0.167. The molecule has 3 N–H and O–H groups in total. The molecule has 0 saturated heterocycles. The molecule has 0 amide bonds.